The zero-order valence-corrected chi connectivity index (χ0v) is 14.8. The van der Waals surface area contributed by atoms with Gasteiger partial charge in [-0.05, 0) is 30.3 Å². The summed E-state index contributed by atoms with van der Waals surface area (Å²) in [6.07, 6.45) is 0. The number of rotatable bonds is 1. The number of nitrogens with zero attached hydrogens (tertiary/aromatic N) is 3. The van der Waals surface area contributed by atoms with Crippen molar-refractivity contribution in [2.24, 2.45) is 0 Å². The van der Waals surface area contributed by atoms with E-state index in [2.05, 4.69) is 49.0 Å². The highest BCUT2D eigenvalue weighted by atomic mass is 79.9. The maximum atomic E-state index is 6.16. The Hall–Kier alpha value is -1.85. The number of nitrogens with one attached hydrogen (secondary N) is 1. The third-order valence-electron chi connectivity index (χ3n) is 4.01. The summed E-state index contributed by atoms with van der Waals surface area (Å²) < 4.78 is 3.14. The molecule has 0 aliphatic carbocycles. The summed E-state index contributed by atoms with van der Waals surface area (Å²) in [5, 5.41) is 13.1. The molecule has 2 heterocycles. The molecule has 0 fully saturated rings. The summed E-state index contributed by atoms with van der Waals surface area (Å²) in [7, 11) is 0. The number of benzene rings is 2. The third kappa shape index (κ3) is 2.54. The van der Waals surface area contributed by atoms with Crippen LogP contribution in [0.3, 0.4) is 0 Å². The van der Waals surface area contributed by atoms with E-state index >= 15 is 0 Å². The molecule has 0 radical (unpaired) electrons. The van der Waals surface area contributed by atoms with Gasteiger partial charge in [0, 0.05) is 27.5 Å². The van der Waals surface area contributed by atoms with Gasteiger partial charge in [0.05, 0.1) is 11.4 Å². The number of hydrogen-bond acceptors (Lipinski definition) is 3. The molecule has 0 amide bonds. The van der Waals surface area contributed by atoms with Crippen LogP contribution in [0.1, 0.15) is 18.7 Å². The first kappa shape index (κ1) is 14.7. The minimum atomic E-state index is 0.245. The van der Waals surface area contributed by atoms with E-state index in [-0.39, 0.29) is 5.92 Å². The molecule has 116 valence electrons. The fourth-order valence-electron chi connectivity index (χ4n) is 2.87. The molecule has 1 N–H and O–H groups in total. The fourth-order valence-corrected chi connectivity index (χ4v) is 3.44. The average molecular weight is 390 g/mol. The minimum Gasteiger partial charge on any atom is -0.383 e. The molecule has 1 aliphatic rings. The van der Waals surface area contributed by atoms with E-state index < -0.39 is 0 Å². The zero-order chi connectivity index (χ0) is 16.0. The molecule has 0 bridgehead atoms. The SMILES string of the molecule is C[C@@H]1CNc2cc(Cl)ccc2-n2c(-c3cccc(Br)c3)nnc21. The lowest BCUT2D eigenvalue weighted by Gasteiger charge is -2.12. The van der Waals surface area contributed by atoms with E-state index in [1.165, 1.54) is 0 Å². The highest BCUT2D eigenvalue weighted by molar-refractivity contribution is 9.10. The summed E-state index contributed by atoms with van der Waals surface area (Å²) in [4.78, 5) is 0. The molecule has 0 saturated carbocycles. The molecule has 1 aliphatic heterocycles. The Labute approximate surface area is 147 Å². The maximum absolute atomic E-state index is 6.16. The van der Waals surface area contributed by atoms with Crippen LogP contribution >= 0.6 is 27.5 Å². The first-order valence-electron chi connectivity index (χ1n) is 7.38. The number of halogens is 2. The number of anilines is 1. The number of aromatic nitrogens is 3. The van der Waals surface area contributed by atoms with Gasteiger partial charge in [-0.2, -0.15) is 0 Å². The van der Waals surface area contributed by atoms with E-state index in [1.54, 1.807) is 0 Å². The second-order valence-electron chi connectivity index (χ2n) is 5.67. The van der Waals surface area contributed by atoms with Crippen molar-refractivity contribution in [3.63, 3.8) is 0 Å². The van der Waals surface area contributed by atoms with Crippen LogP contribution in [0.5, 0.6) is 0 Å². The largest absolute Gasteiger partial charge is 0.383 e. The molecule has 2 aromatic carbocycles. The van der Waals surface area contributed by atoms with Crippen molar-refractivity contribution in [3.05, 3.63) is 57.8 Å². The van der Waals surface area contributed by atoms with Crippen molar-refractivity contribution >= 4 is 33.2 Å². The molecular formula is C17H14BrClN4. The summed E-state index contributed by atoms with van der Waals surface area (Å²) >= 11 is 9.68. The topological polar surface area (TPSA) is 42.7 Å². The first-order valence-corrected chi connectivity index (χ1v) is 8.55. The Bertz CT molecular complexity index is 890. The van der Waals surface area contributed by atoms with Crippen molar-refractivity contribution in [2.75, 3.05) is 11.9 Å². The van der Waals surface area contributed by atoms with Crippen LogP contribution in [0, 0.1) is 0 Å². The van der Waals surface area contributed by atoms with E-state index in [1.807, 2.05) is 36.4 Å². The van der Waals surface area contributed by atoms with Crippen LogP contribution in [0.4, 0.5) is 5.69 Å². The van der Waals surface area contributed by atoms with Gasteiger partial charge in [-0.25, -0.2) is 0 Å². The van der Waals surface area contributed by atoms with Crippen LogP contribution in [0.25, 0.3) is 17.1 Å². The second kappa shape index (κ2) is 5.65. The zero-order valence-electron chi connectivity index (χ0n) is 12.4. The van der Waals surface area contributed by atoms with Crippen LogP contribution in [0.15, 0.2) is 46.9 Å². The standard InChI is InChI=1S/C17H14BrClN4/c1-10-9-20-14-8-13(19)5-6-15(14)23-16(10)21-22-17(23)11-3-2-4-12(18)7-11/h2-8,10,20H,9H2,1H3/t10-/m1/s1. The smallest absolute Gasteiger partial charge is 0.168 e. The Morgan fingerprint density at radius 3 is 2.91 bits per heavy atom. The predicted molar refractivity (Wildman–Crippen MR) is 96.4 cm³/mol. The van der Waals surface area contributed by atoms with Gasteiger partial charge in [0.2, 0.25) is 0 Å². The molecule has 4 nitrogen and oxygen atoms in total. The highest BCUT2D eigenvalue weighted by Crippen LogP contribution is 2.35. The lowest BCUT2D eigenvalue weighted by molar-refractivity contribution is 0.725. The third-order valence-corrected chi connectivity index (χ3v) is 4.74. The summed E-state index contributed by atoms with van der Waals surface area (Å²) in [5.74, 6) is 2.03. The molecule has 0 saturated heterocycles. The minimum absolute atomic E-state index is 0.245. The van der Waals surface area contributed by atoms with Gasteiger partial charge in [0.1, 0.15) is 5.82 Å². The van der Waals surface area contributed by atoms with Gasteiger partial charge in [-0.1, -0.05) is 46.6 Å². The van der Waals surface area contributed by atoms with Gasteiger partial charge >= 0.3 is 0 Å². The lowest BCUT2D eigenvalue weighted by Crippen LogP contribution is -2.09. The predicted octanol–water partition coefficient (Wildman–Crippen LogP) is 4.88. The normalized spacial score (nSPS) is 16.2. The van der Waals surface area contributed by atoms with Crippen LogP contribution < -0.4 is 5.32 Å². The maximum Gasteiger partial charge on any atom is 0.168 e. The molecule has 0 unspecified atom stereocenters. The molecule has 1 aromatic heterocycles. The Balaban J connectivity index is 1.99. The Kier molecular flexibility index (Phi) is 3.62. The van der Waals surface area contributed by atoms with E-state index in [4.69, 9.17) is 11.6 Å². The Morgan fingerprint density at radius 1 is 1.22 bits per heavy atom. The Morgan fingerprint density at radius 2 is 2.09 bits per heavy atom. The molecule has 3 aromatic rings. The van der Waals surface area contributed by atoms with Crippen molar-refractivity contribution in [3.8, 4) is 17.1 Å². The molecule has 0 spiro atoms. The van der Waals surface area contributed by atoms with Crippen molar-refractivity contribution in [1.82, 2.24) is 14.8 Å². The van der Waals surface area contributed by atoms with Gasteiger partial charge in [-0.3, -0.25) is 4.57 Å². The van der Waals surface area contributed by atoms with Gasteiger partial charge < -0.3 is 5.32 Å². The first-order chi connectivity index (χ1) is 11.1. The van der Waals surface area contributed by atoms with Gasteiger partial charge in [0.15, 0.2) is 5.82 Å². The highest BCUT2D eigenvalue weighted by Gasteiger charge is 2.25. The summed E-state index contributed by atoms with van der Waals surface area (Å²) in [5.41, 5.74) is 3.04. The van der Waals surface area contributed by atoms with Crippen molar-refractivity contribution in [2.45, 2.75) is 12.8 Å². The fraction of sp³-hybridized carbons (Fsp3) is 0.176. The molecule has 6 heteroatoms. The van der Waals surface area contributed by atoms with Gasteiger partial charge in [0.25, 0.3) is 0 Å². The van der Waals surface area contributed by atoms with E-state index in [0.29, 0.717) is 5.02 Å². The average Bonchev–Trinajstić information content (AvgIpc) is 2.92. The van der Waals surface area contributed by atoms with E-state index in [0.717, 1.165) is 39.6 Å². The van der Waals surface area contributed by atoms with Gasteiger partial charge in [-0.15, -0.1) is 10.2 Å². The second-order valence-corrected chi connectivity index (χ2v) is 7.02. The quantitative estimate of drug-likeness (QED) is 0.645. The van der Waals surface area contributed by atoms with Crippen LogP contribution in [-0.4, -0.2) is 21.3 Å². The monoisotopic (exact) mass is 388 g/mol. The van der Waals surface area contributed by atoms with E-state index in [9.17, 15) is 0 Å². The summed E-state index contributed by atoms with van der Waals surface area (Å²) in [6.45, 7) is 2.94. The van der Waals surface area contributed by atoms with Crippen LogP contribution in [0.2, 0.25) is 5.02 Å². The van der Waals surface area contributed by atoms with Crippen molar-refractivity contribution < 1.29 is 0 Å². The number of hydrogen-bond donors (Lipinski definition) is 1. The van der Waals surface area contributed by atoms with Crippen LogP contribution in [-0.2, 0) is 0 Å². The molecule has 23 heavy (non-hydrogen) atoms. The lowest BCUT2D eigenvalue weighted by atomic mass is 10.1. The molecular weight excluding hydrogens is 376 g/mol. The van der Waals surface area contributed by atoms with Crippen molar-refractivity contribution in [1.29, 1.82) is 0 Å². The molecule has 4 rings (SSSR count). The number of fused-ring (bicyclic) bond motifs is 3. The molecule has 1 atom stereocenters. The summed E-state index contributed by atoms with van der Waals surface area (Å²) in [6, 6.07) is 14.0.